The number of nitrogens with zero attached hydrogens (tertiary/aromatic N) is 2. The van der Waals surface area contributed by atoms with E-state index in [0.717, 1.165) is 51.5 Å². The maximum atomic E-state index is 12.7. The molecule has 0 radical (unpaired) electrons. The van der Waals surface area contributed by atoms with Crippen LogP contribution in [0.15, 0.2) is 0 Å². The van der Waals surface area contributed by atoms with Gasteiger partial charge in [0.05, 0.1) is 30.5 Å². The fourth-order valence-corrected chi connectivity index (χ4v) is 6.85. The first-order chi connectivity index (χ1) is 15.4. The number of piperidine rings is 1. The number of nitrogens with one attached hydrogen (secondary N) is 3. The number of alkyl halides is 1. The molecule has 9 heteroatoms. The molecule has 4 aliphatic rings. The zero-order valence-corrected chi connectivity index (χ0v) is 20.8. The summed E-state index contributed by atoms with van der Waals surface area (Å²) in [5.74, 6) is 0.436. The number of aliphatic hydroxyl groups excluding tert-OH is 1. The number of hydrogen-bond acceptors (Lipinski definition) is 7. The molecular formula is C23H38BrN5O3. The van der Waals surface area contributed by atoms with Gasteiger partial charge < -0.3 is 15.2 Å². The van der Waals surface area contributed by atoms with Gasteiger partial charge in [-0.3, -0.25) is 20.3 Å². The molecule has 0 bridgehead atoms. The van der Waals surface area contributed by atoms with Crippen molar-refractivity contribution in [2.45, 2.75) is 112 Å². The second kappa shape index (κ2) is 10.7. The molecule has 2 aliphatic carbocycles. The molecular weight excluding hydrogens is 474 g/mol. The van der Waals surface area contributed by atoms with Crippen LogP contribution in [-0.2, 0) is 9.53 Å². The van der Waals surface area contributed by atoms with Crippen molar-refractivity contribution >= 4 is 21.8 Å². The number of nitriles is 1. The number of ether oxygens (including phenoxy) is 1. The summed E-state index contributed by atoms with van der Waals surface area (Å²) in [6.07, 6.45) is 7.18. The Kier molecular flexibility index (Phi) is 8.12. The first-order valence-corrected chi connectivity index (χ1v) is 13.2. The van der Waals surface area contributed by atoms with E-state index in [9.17, 15) is 15.2 Å². The molecule has 4 N–H and O–H groups in total. The summed E-state index contributed by atoms with van der Waals surface area (Å²) >= 11 is 3.87. The predicted octanol–water partition coefficient (Wildman–Crippen LogP) is 1.23. The van der Waals surface area contributed by atoms with Crippen LogP contribution in [0.1, 0.15) is 58.3 Å². The van der Waals surface area contributed by atoms with Gasteiger partial charge in [0.25, 0.3) is 0 Å². The fraction of sp³-hybridized carbons (Fsp3) is 0.913. The molecule has 2 saturated heterocycles. The Morgan fingerprint density at radius 3 is 2.59 bits per heavy atom. The average molecular weight is 512 g/mol. The second-order valence-electron chi connectivity index (χ2n) is 10.2. The lowest BCUT2D eigenvalue weighted by atomic mass is 9.87. The highest BCUT2D eigenvalue weighted by molar-refractivity contribution is 9.09. The van der Waals surface area contributed by atoms with E-state index in [1.807, 2.05) is 6.92 Å². The Balaban J connectivity index is 1.21. The number of rotatable bonds is 6. The fourth-order valence-electron chi connectivity index (χ4n) is 5.95. The molecule has 4 rings (SSSR count). The van der Waals surface area contributed by atoms with Gasteiger partial charge in [0.1, 0.15) is 6.10 Å². The lowest BCUT2D eigenvalue weighted by Crippen LogP contribution is -2.61. The van der Waals surface area contributed by atoms with Crippen LogP contribution in [-0.4, -0.2) is 83.0 Å². The van der Waals surface area contributed by atoms with Crippen LogP contribution in [0.2, 0.25) is 0 Å². The number of carbonyl (C=O) groups is 1. The van der Waals surface area contributed by atoms with Crippen LogP contribution in [0.3, 0.4) is 0 Å². The average Bonchev–Trinajstić information content (AvgIpc) is 3.41. The Labute approximate surface area is 199 Å². The van der Waals surface area contributed by atoms with Crippen molar-refractivity contribution in [1.29, 1.82) is 5.26 Å². The summed E-state index contributed by atoms with van der Waals surface area (Å²) in [4.78, 5) is 15.2. The maximum Gasteiger partial charge on any atom is 0.237 e. The van der Waals surface area contributed by atoms with Gasteiger partial charge in [-0.1, -0.05) is 15.9 Å². The van der Waals surface area contributed by atoms with Crippen molar-refractivity contribution in [1.82, 2.24) is 20.9 Å². The second-order valence-corrected chi connectivity index (χ2v) is 11.3. The first-order valence-electron chi connectivity index (χ1n) is 12.2. The Hall–Kier alpha value is -0.760. The van der Waals surface area contributed by atoms with Crippen molar-refractivity contribution in [2.75, 3.05) is 13.6 Å². The minimum atomic E-state index is -0.283. The van der Waals surface area contributed by atoms with Gasteiger partial charge in [-0.15, -0.1) is 0 Å². The van der Waals surface area contributed by atoms with Crippen molar-refractivity contribution in [2.24, 2.45) is 5.92 Å². The van der Waals surface area contributed by atoms with Gasteiger partial charge in [0.15, 0.2) is 0 Å². The summed E-state index contributed by atoms with van der Waals surface area (Å²) < 4.78 is 5.82. The van der Waals surface area contributed by atoms with Crippen molar-refractivity contribution in [3.63, 3.8) is 0 Å². The van der Waals surface area contributed by atoms with Crippen LogP contribution >= 0.6 is 15.9 Å². The Bertz CT molecular complexity index is 698. The summed E-state index contributed by atoms with van der Waals surface area (Å²) in [5, 5.41) is 29.4. The standard InChI is InChI=1S/C23H38BrN5O3/c1-13(23(31)28-15-5-8-17(30)9-15)29(2)16-6-3-14(4-7-16)27-22-21(24)19-10-18(11-25)32-20(19)12-26-22/h13-22,26-27,30H,3-10,12H2,1-2H3,(H,28,31)/t13-,14?,15+,16?,17+,18?,19?,20?,21?,22?/m0/s1. The third-order valence-electron chi connectivity index (χ3n) is 8.14. The SMILES string of the molecule is C[C@@H](C(=O)N[C@@H]1CC[C@@H](O)C1)N(C)C1CCC(NC2NCC3OC(C#N)CC3C2Br)CC1. The van der Waals surface area contributed by atoms with Gasteiger partial charge in [0.2, 0.25) is 5.91 Å². The van der Waals surface area contributed by atoms with E-state index in [1.54, 1.807) is 0 Å². The van der Waals surface area contributed by atoms with Crippen LogP contribution in [0.5, 0.6) is 0 Å². The molecule has 32 heavy (non-hydrogen) atoms. The number of carbonyl (C=O) groups excluding carboxylic acids is 1. The number of likely N-dealkylation sites (N-methyl/N-ethyl adjacent to an activating group) is 1. The molecule has 0 spiro atoms. The van der Waals surface area contributed by atoms with E-state index in [2.05, 4.69) is 49.9 Å². The molecule has 8 nitrogen and oxygen atoms in total. The first kappa shape index (κ1) is 24.4. The summed E-state index contributed by atoms with van der Waals surface area (Å²) in [7, 11) is 2.06. The topological polar surface area (TPSA) is 110 Å². The van der Waals surface area contributed by atoms with Crippen LogP contribution in [0.4, 0.5) is 0 Å². The number of halogens is 1. The molecule has 8 atom stereocenters. The predicted molar refractivity (Wildman–Crippen MR) is 125 cm³/mol. The van der Waals surface area contributed by atoms with Gasteiger partial charge in [0, 0.05) is 35.4 Å². The molecule has 0 aromatic heterocycles. The maximum absolute atomic E-state index is 12.7. The summed E-state index contributed by atoms with van der Waals surface area (Å²) in [6, 6.07) is 3.06. The Morgan fingerprint density at radius 1 is 1.22 bits per heavy atom. The quantitative estimate of drug-likeness (QED) is 0.397. The number of aliphatic hydroxyl groups is 1. The van der Waals surface area contributed by atoms with E-state index in [0.29, 0.717) is 24.4 Å². The molecule has 1 amide bonds. The largest absolute Gasteiger partial charge is 0.393 e. The molecule has 0 aromatic rings. The Morgan fingerprint density at radius 2 is 1.94 bits per heavy atom. The monoisotopic (exact) mass is 511 g/mol. The number of hydrogen-bond donors (Lipinski definition) is 4. The van der Waals surface area contributed by atoms with E-state index >= 15 is 0 Å². The molecule has 0 aromatic carbocycles. The zero-order valence-electron chi connectivity index (χ0n) is 19.2. The molecule has 180 valence electrons. The summed E-state index contributed by atoms with van der Waals surface area (Å²) in [5.41, 5.74) is 0. The normalized spacial score (nSPS) is 42.9. The third kappa shape index (κ3) is 5.48. The lowest BCUT2D eigenvalue weighted by Gasteiger charge is -2.42. The van der Waals surface area contributed by atoms with Gasteiger partial charge in [-0.2, -0.15) is 5.26 Å². The van der Waals surface area contributed by atoms with Gasteiger partial charge in [-0.25, -0.2) is 0 Å². The summed E-state index contributed by atoms with van der Waals surface area (Å²) in [6.45, 7) is 2.77. The zero-order chi connectivity index (χ0) is 22.8. The van der Waals surface area contributed by atoms with Crippen molar-refractivity contribution in [3.05, 3.63) is 0 Å². The smallest absolute Gasteiger partial charge is 0.237 e. The molecule has 5 unspecified atom stereocenters. The molecule has 2 saturated carbocycles. The minimum absolute atomic E-state index is 0.0735. The number of amides is 1. The van der Waals surface area contributed by atoms with Crippen LogP contribution < -0.4 is 16.0 Å². The van der Waals surface area contributed by atoms with E-state index < -0.39 is 0 Å². The van der Waals surface area contributed by atoms with Crippen molar-refractivity contribution < 1.29 is 14.6 Å². The molecule has 2 heterocycles. The van der Waals surface area contributed by atoms with Crippen LogP contribution in [0.25, 0.3) is 0 Å². The van der Waals surface area contributed by atoms with Crippen molar-refractivity contribution in [3.8, 4) is 6.07 Å². The molecule has 4 fully saturated rings. The third-order valence-corrected chi connectivity index (χ3v) is 9.35. The lowest BCUT2D eigenvalue weighted by molar-refractivity contribution is -0.127. The van der Waals surface area contributed by atoms with Crippen LogP contribution in [0, 0.1) is 17.2 Å². The van der Waals surface area contributed by atoms with Gasteiger partial charge >= 0.3 is 0 Å². The highest BCUT2D eigenvalue weighted by Crippen LogP contribution is 2.36. The van der Waals surface area contributed by atoms with Gasteiger partial charge in [-0.05, 0) is 65.3 Å². The van der Waals surface area contributed by atoms with E-state index in [1.165, 1.54) is 0 Å². The van der Waals surface area contributed by atoms with E-state index in [-0.39, 0.29) is 47.3 Å². The van der Waals surface area contributed by atoms with E-state index in [4.69, 9.17) is 4.74 Å². The number of fused-ring (bicyclic) bond motifs is 1. The highest BCUT2D eigenvalue weighted by atomic mass is 79.9. The highest BCUT2D eigenvalue weighted by Gasteiger charge is 2.45. The molecule has 2 aliphatic heterocycles. The minimum Gasteiger partial charge on any atom is -0.393 e.